The highest BCUT2D eigenvalue weighted by atomic mass is 16.5. The number of fused-ring (bicyclic) bond motifs is 4. The van der Waals surface area contributed by atoms with Gasteiger partial charge in [0.05, 0.1) is 7.11 Å². The predicted molar refractivity (Wildman–Crippen MR) is 78.7 cm³/mol. The van der Waals surface area contributed by atoms with Gasteiger partial charge >= 0.3 is 6.09 Å². The SMILES string of the molecule is C=CCC1C2CC(CN1C(=O)OC)C1CCCC(=O)N1C2. The van der Waals surface area contributed by atoms with Crippen LogP contribution >= 0.6 is 0 Å². The first-order valence-electron chi connectivity index (χ1n) is 7.90. The highest BCUT2D eigenvalue weighted by Gasteiger charge is 2.48. The number of carbonyl (C=O) groups is 2. The largest absolute Gasteiger partial charge is 0.453 e. The van der Waals surface area contributed by atoms with Crippen molar-refractivity contribution in [3.05, 3.63) is 12.7 Å². The van der Waals surface area contributed by atoms with Crippen LogP contribution in [0.1, 0.15) is 32.1 Å². The van der Waals surface area contributed by atoms with Gasteiger partial charge in [-0.25, -0.2) is 4.79 Å². The van der Waals surface area contributed by atoms with Crippen LogP contribution in [0.4, 0.5) is 4.79 Å². The molecule has 2 bridgehead atoms. The van der Waals surface area contributed by atoms with Crippen molar-refractivity contribution in [2.75, 3.05) is 20.2 Å². The zero-order chi connectivity index (χ0) is 15.0. The van der Waals surface area contributed by atoms with Gasteiger partial charge in [-0.3, -0.25) is 4.79 Å². The number of methoxy groups -OCH3 is 1. The molecule has 0 aromatic carbocycles. The van der Waals surface area contributed by atoms with Gasteiger partial charge in [0.2, 0.25) is 5.91 Å². The van der Waals surface area contributed by atoms with Gasteiger partial charge in [-0.05, 0) is 37.5 Å². The molecule has 3 rings (SSSR count). The quantitative estimate of drug-likeness (QED) is 0.732. The average molecular weight is 292 g/mol. The van der Waals surface area contributed by atoms with Crippen LogP contribution in [0, 0.1) is 11.8 Å². The second kappa shape index (κ2) is 5.70. The third kappa shape index (κ3) is 2.43. The molecule has 21 heavy (non-hydrogen) atoms. The van der Waals surface area contributed by atoms with Gasteiger partial charge in [0.25, 0.3) is 0 Å². The van der Waals surface area contributed by atoms with Crippen LogP contribution in [0.15, 0.2) is 12.7 Å². The molecule has 4 unspecified atom stereocenters. The van der Waals surface area contributed by atoms with Gasteiger partial charge in [-0.1, -0.05) is 6.08 Å². The summed E-state index contributed by atoms with van der Waals surface area (Å²) in [6.45, 7) is 5.31. The normalized spacial score (nSPS) is 35.2. The van der Waals surface area contributed by atoms with Crippen molar-refractivity contribution >= 4 is 12.0 Å². The summed E-state index contributed by atoms with van der Waals surface area (Å²) in [5, 5.41) is 0. The van der Waals surface area contributed by atoms with Gasteiger partial charge in [0.1, 0.15) is 0 Å². The molecule has 0 aliphatic carbocycles. The molecule has 116 valence electrons. The Balaban J connectivity index is 1.85. The smallest absolute Gasteiger partial charge is 0.409 e. The zero-order valence-corrected chi connectivity index (χ0v) is 12.7. The van der Waals surface area contributed by atoms with Gasteiger partial charge in [0.15, 0.2) is 0 Å². The standard InChI is InChI=1S/C16H24N2O3/c1-3-5-13-11-8-12(10-18(13)16(20)21-2)14-6-4-7-15(19)17(14)9-11/h3,11-14H,1,4-10H2,2H3. The Hall–Kier alpha value is -1.52. The van der Waals surface area contributed by atoms with Crippen LogP contribution in [-0.4, -0.2) is 54.1 Å². The van der Waals surface area contributed by atoms with Crippen molar-refractivity contribution in [2.24, 2.45) is 11.8 Å². The number of hydrogen-bond acceptors (Lipinski definition) is 3. The highest BCUT2D eigenvalue weighted by Crippen LogP contribution is 2.41. The van der Waals surface area contributed by atoms with Crippen molar-refractivity contribution in [1.82, 2.24) is 9.80 Å². The fourth-order valence-corrected chi connectivity index (χ4v) is 4.48. The number of amides is 2. The number of likely N-dealkylation sites (tertiary alicyclic amines) is 1. The van der Waals surface area contributed by atoms with E-state index in [4.69, 9.17) is 4.74 Å². The maximum atomic E-state index is 12.2. The van der Waals surface area contributed by atoms with E-state index in [9.17, 15) is 9.59 Å². The van der Waals surface area contributed by atoms with E-state index in [0.717, 1.165) is 32.2 Å². The molecule has 0 aromatic heterocycles. The molecule has 3 aliphatic heterocycles. The van der Waals surface area contributed by atoms with Gasteiger partial charge in [0, 0.05) is 31.6 Å². The Morgan fingerprint density at radius 2 is 2.24 bits per heavy atom. The molecule has 0 aromatic rings. The van der Waals surface area contributed by atoms with E-state index < -0.39 is 0 Å². The minimum atomic E-state index is -0.243. The maximum absolute atomic E-state index is 12.2. The lowest BCUT2D eigenvalue weighted by Crippen LogP contribution is -2.64. The number of rotatable bonds is 2. The molecule has 2 amide bonds. The Morgan fingerprint density at radius 3 is 2.95 bits per heavy atom. The molecule has 3 heterocycles. The first-order chi connectivity index (χ1) is 10.2. The Labute approximate surface area is 125 Å². The van der Waals surface area contributed by atoms with Crippen LogP contribution in [-0.2, 0) is 9.53 Å². The molecular weight excluding hydrogens is 268 g/mol. The Bertz CT molecular complexity index is 451. The lowest BCUT2D eigenvalue weighted by molar-refractivity contribution is -0.146. The van der Waals surface area contributed by atoms with Crippen molar-refractivity contribution in [2.45, 2.75) is 44.2 Å². The Morgan fingerprint density at radius 1 is 1.43 bits per heavy atom. The average Bonchev–Trinajstić information content (AvgIpc) is 2.50. The van der Waals surface area contributed by atoms with Crippen LogP contribution in [0.2, 0.25) is 0 Å². The molecular formula is C16H24N2O3. The third-order valence-corrected chi connectivity index (χ3v) is 5.39. The van der Waals surface area contributed by atoms with Crippen molar-refractivity contribution < 1.29 is 14.3 Å². The van der Waals surface area contributed by atoms with E-state index in [0.29, 0.717) is 36.8 Å². The van der Waals surface area contributed by atoms with E-state index >= 15 is 0 Å². The van der Waals surface area contributed by atoms with Crippen LogP contribution in [0.3, 0.4) is 0 Å². The summed E-state index contributed by atoms with van der Waals surface area (Å²) >= 11 is 0. The molecule has 0 N–H and O–H groups in total. The van der Waals surface area contributed by atoms with E-state index in [-0.39, 0.29) is 12.1 Å². The summed E-state index contributed by atoms with van der Waals surface area (Å²) in [5.74, 6) is 1.04. The van der Waals surface area contributed by atoms with Crippen molar-refractivity contribution in [1.29, 1.82) is 0 Å². The fraction of sp³-hybridized carbons (Fsp3) is 0.750. The zero-order valence-electron chi connectivity index (χ0n) is 12.7. The monoisotopic (exact) mass is 292 g/mol. The number of ether oxygens (including phenoxy) is 1. The second-order valence-electron chi connectivity index (χ2n) is 6.48. The van der Waals surface area contributed by atoms with Crippen LogP contribution in [0.5, 0.6) is 0 Å². The van der Waals surface area contributed by atoms with E-state index in [1.807, 2.05) is 11.0 Å². The molecule has 5 heteroatoms. The number of piperidine rings is 3. The summed E-state index contributed by atoms with van der Waals surface area (Å²) in [6.07, 6.45) is 6.24. The molecule has 3 saturated heterocycles. The van der Waals surface area contributed by atoms with E-state index in [1.54, 1.807) is 0 Å². The second-order valence-corrected chi connectivity index (χ2v) is 6.48. The van der Waals surface area contributed by atoms with Crippen molar-refractivity contribution in [3.8, 4) is 0 Å². The summed E-state index contributed by atoms with van der Waals surface area (Å²) in [7, 11) is 1.44. The molecule has 3 fully saturated rings. The van der Waals surface area contributed by atoms with Gasteiger partial charge < -0.3 is 14.5 Å². The molecule has 0 radical (unpaired) electrons. The van der Waals surface area contributed by atoms with Gasteiger partial charge in [-0.2, -0.15) is 0 Å². The maximum Gasteiger partial charge on any atom is 0.409 e. The summed E-state index contributed by atoms with van der Waals surface area (Å²) in [5.41, 5.74) is 0. The summed E-state index contributed by atoms with van der Waals surface area (Å²) < 4.78 is 4.96. The van der Waals surface area contributed by atoms with E-state index in [2.05, 4.69) is 11.5 Å². The molecule has 3 aliphatic rings. The lowest BCUT2D eigenvalue weighted by atomic mass is 9.72. The predicted octanol–water partition coefficient (Wildman–Crippen LogP) is 2.03. The van der Waals surface area contributed by atoms with Crippen LogP contribution in [0.25, 0.3) is 0 Å². The first-order valence-corrected chi connectivity index (χ1v) is 7.90. The lowest BCUT2D eigenvalue weighted by Gasteiger charge is -2.55. The first kappa shape index (κ1) is 14.4. The molecule has 0 spiro atoms. The van der Waals surface area contributed by atoms with Crippen molar-refractivity contribution in [3.63, 3.8) is 0 Å². The van der Waals surface area contributed by atoms with Gasteiger partial charge in [-0.15, -0.1) is 6.58 Å². The highest BCUT2D eigenvalue weighted by molar-refractivity contribution is 5.77. The number of carbonyl (C=O) groups excluding carboxylic acids is 2. The summed E-state index contributed by atoms with van der Waals surface area (Å²) in [6, 6.07) is 0.432. The minimum absolute atomic E-state index is 0.113. The number of hydrogen-bond donors (Lipinski definition) is 0. The fourth-order valence-electron chi connectivity index (χ4n) is 4.48. The van der Waals surface area contributed by atoms with E-state index in [1.165, 1.54) is 7.11 Å². The molecule has 4 atom stereocenters. The topological polar surface area (TPSA) is 49.9 Å². The Kier molecular flexibility index (Phi) is 3.91. The molecule has 5 nitrogen and oxygen atoms in total. The minimum Gasteiger partial charge on any atom is -0.453 e. The molecule has 0 saturated carbocycles. The summed E-state index contributed by atoms with van der Waals surface area (Å²) in [4.78, 5) is 28.3. The van der Waals surface area contributed by atoms with Crippen LogP contribution < -0.4 is 0 Å². The third-order valence-electron chi connectivity index (χ3n) is 5.39. The number of nitrogens with zero attached hydrogens (tertiary/aromatic N) is 2.